The number of halogens is 1. The number of hydrogen-bond acceptors (Lipinski definition) is 6. The molecule has 7 heteroatoms. The molecule has 2 rings (SSSR count). The fraction of sp³-hybridized carbons (Fsp3) is 0.286. The standard InChI is InChI=1S/C14H15ClN2O3S/c1-19-12-5-3-9(7-11(12)15)16-14-17-10(8-21-14)4-6-13(18)20-2/h3,5,7-8H,4,6H2,1-2H3,(H,16,17). The first-order chi connectivity index (χ1) is 10.1. The molecule has 1 aromatic carbocycles. The first-order valence-corrected chi connectivity index (χ1v) is 7.50. The second kappa shape index (κ2) is 7.28. The lowest BCUT2D eigenvalue weighted by Crippen LogP contribution is -2.02. The van der Waals surface area contributed by atoms with Gasteiger partial charge in [-0.1, -0.05) is 11.6 Å². The van der Waals surface area contributed by atoms with Gasteiger partial charge in [-0.2, -0.15) is 0 Å². The number of nitrogens with zero attached hydrogens (tertiary/aromatic N) is 1. The van der Waals surface area contributed by atoms with Crippen LogP contribution in [0, 0.1) is 0 Å². The van der Waals surface area contributed by atoms with Crippen LogP contribution in [0.25, 0.3) is 0 Å². The van der Waals surface area contributed by atoms with E-state index in [0.717, 1.165) is 16.5 Å². The summed E-state index contributed by atoms with van der Waals surface area (Å²) in [7, 11) is 2.95. The molecule has 0 aliphatic heterocycles. The summed E-state index contributed by atoms with van der Waals surface area (Å²) in [6, 6.07) is 5.42. The van der Waals surface area contributed by atoms with E-state index in [9.17, 15) is 4.79 Å². The van der Waals surface area contributed by atoms with Crippen LogP contribution < -0.4 is 10.1 Å². The third-order valence-electron chi connectivity index (χ3n) is 2.77. The second-order valence-electron chi connectivity index (χ2n) is 4.19. The molecular formula is C14H15ClN2O3S. The highest BCUT2D eigenvalue weighted by molar-refractivity contribution is 7.13. The lowest BCUT2D eigenvalue weighted by molar-refractivity contribution is -0.140. The zero-order valence-corrected chi connectivity index (χ0v) is 13.3. The Balaban J connectivity index is 1.99. The van der Waals surface area contributed by atoms with E-state index in [1.807, 2.05) is 11.4 Å². The average molecular weight is 327 g/mol. The minimum atomic E-state index is -0.237. The Morgan fingerprint density at radius 1 is 1.43 bits per heavy atom. The van der Waals surface area contributed by atoms with Crippen LogP contribution in [0.15, 0.2) is 23.6 Å². The van der Waals surface area contributed by atoms with E-state index in [2.05, 4.69) is 15.0 Å². The molecule has 0 saturated heterocycles. The van der Waals surface area contributed by atoms with E-state index < -0.39 is 0 Å². The number of aryl methyl sites for hydroxylation is 1. The number of thiazole rings is 1. The number of benzene rings is 1. The lowest BCUT2D eigenvalue weighted by atomic mass is 10.2. The van der Waals surface area contributed by atoms with Gasteiger partial charge in [0.1, 0.15) is 5.75 Å². The van der Waals surface area contributed by atoms with Crippen LogP contribution in [-0.2, 0) is 16.0 Å². The highest BCUT2D eigenvalue weighted by atomic mass is 35.5. The van der Waals surface area contributed by atoms with Gasteiger partial charge in [0.2, 0.25) is 0 Å². The third kappa shape index (κ3) is 4.34. The van der Waals surface area contributed by atoms with Crippen LogP contribution in [0.2, 0.25) is 5.02 Å². The topological polar surface area (TPSA) is 60.5 Å². The van der Waals surface area contributed by atoms with Gasteiger partial charge >= 0.3 is 5.97 Å². The van der Waals surface area contributed by atoms with Gasteiger partial charge in [0.15, 0.2) is 5.13 Å². The molecule has 112 valence electrons. The minimum absolute atomic E-state index is 0.237. The van der Waals surface area contributed by atoms with Crippen LogP contribution in [0.3, 0.4) is 0 Å². The van der Waals surface area contributed by atoms with Crippen molar-refractivity contribution < 1.29 is 14.3 Å². The van der Waals surface area contributed by atoms with Crippen molar-refractivity contribution in [2.75, 3.05) is 19.5 Å². The van der Waals surface area contributed by atoms with Gasteiger partial charge in [0.05, 0.1) is 31.4 Å². The van der Waals surface area contributed by atoms with Gasteiger partial charge in [-0.15, -0.1) is 11.3 Å². The van der Waals surface area contributed by atoms with Crippen molar-refractivity contribution in [2.45, 2.75) is 12.8 Å². The monoisotopic (exact) mass is 326 g/mol. The number of rotatable bonds is 6. The molecule has 0 saturated carbocycles. The van der Waals surface area contributed by atoms with E-state index in [1.54, 1.807) is 19.2 Å². The van der Waals surface area contributed by atoms with Crippen LogP contribution in [-0.4, -0.2) is 25.2 Å². The Bertz CT molecular complexity index is 630. The number of nitrogens with one attached hydrogen (secondary N) is 1. The summed E-state index contributed by atoms with van der Waals surface area (Å²) in [6.45, 7) is 0. The number of carbonyl (C=O) groups is 1. The maximum atomic E-state index is 11.1. The van der Waals surface area contributed by atoms with E-state index in [1.165, 1.54) is 18.4 Å². The summed E-state index contributed by atoms with van der Waals surface area (Å²) in [5.41, 5.74) is 1.68. The van der Waals surface area contributed by atoms with Crippen LogP contribution in [0.5, 0.6) is 5.75 Å². The fourth-order valence-corrected chi connectivity index (χ4v) is 2.70. The number of anilines is 2. The molecule has 0 unspecified atom stereocenters. The molecule has 1 aromatic heterocycles. The number of aromatic nitrogens is 1. The van der Waals surface area contributed by atoms with Crippen LogP contribution in [0.1, 0.15) is 12.1 Å². The Kier molecular flexibility index (Phi) is 5.41. The Hall–Kier alpha value is -1.79. The largest absolute Gasteiger partial charge is 0.495 e. The van der Waals surface area contributed by atoms with E-state index in [0.29, 0.717) is 23.6 Å². The molecule has 2 aromatic rings. The summed E-state index contributed by atoms with van der Waals surface area (Å²) in [4.78, 5) is 15.5. The highest BCUT2D eigenvalue weighted by Crippen LogP contribution is 2.29. The van der Waals surface area contributed by atoms with Crippen molar-refractivity contribution in [3.63, 3.8) is 0 Å². The van der Waals surface area contributed by atoms with Crippen molar-refractivity contribution in [1.82, 2.24) is 4.98 Å². The first kappa shape index (κ1) is 15.6. The molecule has 1 N–H and O–H groups in total. The van der Waals surface area contributed by atoms with Crippen molar-refractivity contribution in [2.24, 2.45) is 0 Å². The van der Waals surface area contributed by atoms with Gasteiger partial charge in [0, 0.05) is 17.5 Å². The molecule has 0 aliphatic carbocycles. The van der Waals surface area contributed by atoms with Crippen molar-refractivity contribution in [3.05, 3.63) is 34.3 Å². The van der Waals surface area contributed by atoms with E-state index in [4.69, 9.17) is 16.3 Å². The summed E-state index contributed by atoms with van der Waals surface area (Å²) in [6.07, 6.45) is 0.891. The van der Waals surface area contributed by atoms with E-state index in [-0.39, 0.29) is 5.97 Å². The minimum Gasteiger partial charge on any atom is -0.495 e. The zero-order chi connectivity index (χ0) is 15.2. The Morgan fingerprint density at radius 2 is 2.24 bits per heavy atom. The number of esters is 1. The van der Waals surface area contributed by atoms with Gasteiger partial charge in [-0.05, 0) is 18.2 Å². The van der Waals surface area contributed by atoms with Crippen LogP contribution in [0.4, 0.5) is 10.8 Å². The van der Waals surface area contributed by atoms with Crippen LogP contribution >= 0.6 is 22.9 Å². The molecule has 0 bridgehead atoms. The molecule has 0 fully saturated rings. The lowest BCUT2D eigenvalue weighted by Gasteiger charge is -2.06. The van der Waals surface area contributed by atoms with Crippen molar-refractivity contribution in [1.29, 1.82) is 0 Å². The smallest absolute Gasteiger partial charge is 0.305 e. The van der Waals surface area contributed by atoms with Crippen molar-refractivity contribution >= 4 is 39.7 Å². The first-order valence-electron chi connectivity index (χ1n) is 6.24. The van der Waals surface area contributed by atoms with Gasteiger partial charge in [0.25, 0.3) is 0 Å². The summed E-state index contributed by atoms with van der Waals surface area (Å²) in [5, 5.41) is 6.36. The Labute approximate surface area is 131 Å². The second-order valence-corrected chi connectivity index (χ2v) is 5.46. The van der Waals surface area contributed by atoms with Gasteiger partial charge in [-0.3, -0.25) is 4.79 Å². The van der Waals surface area contributed by atoms with Gasteiger partial charge in [-0.25, -0.2) is 4.98 Å². The summed E-state index contributed by atoms with van der Waals surface area (Å²) in [5.74, 6) is 0.388. The Morgan fingerprint density at radius 3 is 2.90 bits per heavy atom. The molecule has 1 heterocycles. The molecule has 0 aliphatic rings. The number of hydrogen-bond donors (Lipinski definition) is 1. The summed E-state index contributed by atoms with van der Waals surface area (Å²) < 4.78 is 9.71. The molecule has 0 radical (unpaired) electrons. The normalized spacial score (nSPS) is 10.2. The quantitative estimate of drug-likeness (QED) is 0.821. The predicted octanol–water partition coefficient (Wildman–Crippen LogP) is 3.65. The molecule has 0 amide bonds. The number of carbonyl (C=O) groups excluding carboxylic acids is 1. The SMILES string of the molecule is COC(=O)CCc1csc(Nc2ccc(OC)c(Cl)c2)n1. The highest BCUT2D eigenvalue weighted by Gasteiger charge is 2.07. The summed E-state index contributed by atoms with van der Waals surface area (Å²) >= 11 is 7.54. The molecule has 0 atom stereocenters. The zero-order valence-electron chi connectivity index (χ0n) is 11.7. The third-order valence-corrected chi connectivity index (χ3v) is 3.87. The maximum Gasteiger partial charge on any atom is 0.305 e. The maximum absolute atomic E-state index is 11.1. The number of methoxy groups -OCH3 is 2. The van der Waals surface area contributed by atoms with Gasteiger partial charge < -0.3 is 14.8 Å². The number of ether oxygens (including phenoxy) is 2. The fourth-order valence-electron chi connectivity index (χ4n) is 1.68. The van der Waals surface area contributed by atoms with Crippen molar-refractivity contribution in [3.8, 4) is 5.75 Å². The average Bonchev–Trinajstić information content (AvgIpc) is 2.92. The molecular weight excluding hydrogens is 312 g/mol. The van der Waals surface area contributed by atoms with E-state index >= 15 is 0 Å². The molecule has 21 heavy (non-hydrogen) atoms. The molecule has 5 nitrogen and oxygen atoms in total. The molecule has 0 spiro atoms. The predicted molar refractivity (Wildman–Crippen MR) is 83.7 cm³/mol.